The predicted octanol–water partition coefficient (Wildman–Crippen LogP) is -1.59. The molecule has 1 unspecified atom stereocenters. The third-order valence-electron chi connectivity index (χ3n) is 3.41. The van der Waals surface area contributed by atoms with Gasteiger partial charge in [-0.3, -0.25) is 4.57 Å². The van der Waals surface area contributed by atoms with E-state index in [4.69, 9.17) is 15.6 Å². The van der Waals surface area contributed by atoms with E-state index in [1.165, 1.54) is 17.2 Å². The zero-order valence-corrected chi connectivity index (χ0v) is 10.5. The molecule has 20 heavy (non-hydrogen) atoms. The van der Waals surface area contributed by atoms with E-state index < -0.39 is 24.5 Å². The van der Waals surface area contributed by atoms with Crippen LogP contribution in [0, 0.1) is 0 Å². The Hall–Kier alpha value is -1.81. The van der Waals surface area contributed by atoms with Crippen molar-refractivity contribution < 1.29 is 20.1 Å². The molecular weight excluding hydrogens is 266 g/mol. The summed E-state index contributed by atoms with van der Waals surface area (Å²) in [6.45, 7) is -0.138. The molecule has 2 aromatic rings. The standard InChI is InChI=1S/C11H15N5O4/c12-9-6-10(14-3-13-9)16(4-15-6)11-8(19)7(18)5(20-11)1-2-17/h3-5,7-8,11,17-19H,1-2H2,(H2,12,13,14)/t5-,7?,8+,11-/m1/s1. The quantitative estimate of drug-likeness (QED) is 0.528. The molecule has 2 aromatic heterocycles. The molecular formula is C11H15N5O4. The highest BCUT2D eigenvalue weighted by Gasteiger charge is 2.43. The summed E-state index contributed by atoms with van der Waals surface area (Å²) in [5.41, 5.74) is 6.51. The fraction of sp³-hybridized carbons (Fsp3) is 0.545. The third-order valence-corrected chi connectivity index (χ3v) is 3.41. The summed E-state index contributed by atoms with van der Waals surface area (Å²) in [6.07, 6.45) is -0.740. The zero-order chi connectivity index (χ0) is 14.3. The molecule has 9 nitrogen and oxygen atoms in total. The highest BCUT2D eigenvalue weighted by Crippen LogP contribution is 2.32. The Bertz CT molecular complexity index is 618. The van der Waals surface area contributed by atoms with Gasteiger partial charge in [-0.25, -0.2) is 15.0 Å². The monoisotopic (exact) mass is 281 g/mol. The number of hydrogen-bond acceptors (Lipinski definition) is 8. The molecule has 1 saturated heterocycles. The minimum absolute atomic E-state index is 0.138. The summed E-state index contributed by atoms with van der Waals surface area (Å²) in [5.74, 6) is 0.230. The second kappa shape index (κ2) is 4.94. The maximum Gasteiger partial charge on any atom is 0.167 e. The van der Waals surface area contributed by atoms with Crippen LogP contribution in [0.5, 0.6) is 0 Å². The molecule has 5 N–H and O–H groups in total. The molecule has 1 aliphatic rings. The molecule has 4 atom stereocenters. The second-order valence-corrected chi connectivity index (χ2v) is 4.64. The lowest BCUT2D eigenvalue weighted by atomic mass is 10.1. The number of hydrogen-bond donors (Lipinski definition) is 4. The number of aromatic nitrogens is 4. The first-order valence-corrected chi connectivity index (χ1v) is 6.19. The molecule has 0 spiro atoms. The first-order valence-electron chi connectivity index (χ1n) is 6.19. The van der Waals surface area contributed by atoms with Gasteiger partial charge in [0.1, 0.15) is 24.1 Å². The van der Waals surface area contributed by atoms with Crippen molar-refractivity contribution in [1.29, 1.82) is 0 Å². The Balaban J connectivity index is 1.97. The molecule has 0 aromatic carbocycles. The number of nitrogens with zero attached hydrogens (tertiary/aromatic N) is 4. The summed E-state index contributed by atoms with van der Waals surface area (Å²) in [7, 11) is 0. The van der Waals surface area contributed by atoms with E-state index in [-0.39, 0.29) is 18.8 Å². The van der Waals surface area contributed by atoms with Crippen molar-refractivity contribution in [2.75, 3.05) is 12.3 Å². The highest BCUT2D eigenvalue weighted by atomic mass is 16.6. The van der Waals surface area contributed by atoms with Gasteiger partial charge in [0.2, 0.25) is 0 Å². The van der Waals surface area contributed by atoms with Crippen LogP contribution in [0.25, 0.3) is 11.2 Å². The number of nitrogens with two attached hydrogens (primary N) is 1. The summed E-state index contributed by atoms with van der Waals surface area (Å²) in [4.78, 5) is 12.0. The van der Waals surface area contributed by atoms with Crippen LogP contribution < -0.4 is 5.73 Å². The normalized spacial score (nSPS) is 30.1. The van der Waals surface area contributed by atoms with Crippen LogP contribution in [-0.4, -0.2) is 59.8 Å². The van der Waals surface area contributed by atoms with Crippen molar-refractivity contribution in [2.24, 2.45) is 0 Å². The van der Waals surface area contributed by atoms with E-state index in [0.717, 1.165) is 0 Å². The molecule has 3 heterocycles. The van der Waals surface area contributed by atoms with E-state index in [0.29, 0.717) is 11.2 Å². The van der Waals surface area contributed by atoms with Gasteiger partial charge >= 0.3 is 0 Å². The largest absolute Gasteiger partial charge is 0.396 e. The van der Waals surface area contributed by atoms with Crippen molar-refractivity contribution in [1.82, 2.24) is 19.5 Å². The third kappa shape index (κ3) is 1.91. The topological polar surface area (TPSA) is 140 Å². The van der Waals surface area contributed by atoms with Crippen LogP contribution >= 0.6 is 0 Å². The number of aliphatic hydroxyl groups is 3. The lowest BCUT2D eigenvalue weighted by molar-refractivity contribution is -0.0405. The lowest BCUT2D eigenvalue weighted by Crippen LogP contribution is -2.31. The number of imidazole rings is 1. The Labute approximate surface area is 113 Å². The first-order chi connectivity index (χ1) is 9.63. The number of fused-ring (bicyclic) bond motifs is 1. The molecule has 108 valence electrons. The number of anilines is 1. The molecule has 9 heteroatoms. The van der Waals surface area contributed by atoms with Crippen LogP contribution in [0.4, 0.5) is 5.82 Å². The average molecular weight is 281 g/mol. The summed E-state index contributed by atoms with van der Waals surface area (Å²) in [5, 5.41) is 28.9. The van der Waals surface area contributed by atoms with Crippen LogP contribution in [0.15, 0.2) is 12.7 Å². The maximum atomic E-state index is 10.1. The summed E-state index contributed by atoms with van der Waals surface area (Å²) >= 11 is 0. The second-order valence-electron chi connectivity index (χ2n) is 4.64. The molecule has 1 fully saturated rings. The predicted molar refractivity (Wildman–Crippen MR) is 67.4 cm³/mol. The minimum Gasteiger partial charge on any atom is -0.396 e. The molecule has 0 bridgehead atoms. The van der Waals surface area contributed by atoms with Gasteiger partial charge in [-0.2, -0.15) is 0 Å². The van der Waals surface area contributed by atoms with E-state index in [1.54, 1.807) is 0 Å². The highest BCUT2D eigenvalue weighted by molar-refractivity contribution is 5.81. The van der Waals surface area contributed by atoms with Gasteiger partial charge in [-0.15, -0.1) is 0 Å². The minimum atomic E-state index is -1.14. The van der Waals surface area contributed by atoms with Crippen molar-refractivity contribution in [3.63, 3.8) is 0 Å². The SMILES string of the molecule is Nc1ncnc2c1ncn2[C@@H]1O[C@H](CCO)C(O)[C@@H]1O. The summed E-state index contributed by atoms with van der Waals surface area (Å²) < 4.78 is 7.08. The lowest BCUT2D eigenvalue weighted by Gasteiger charge is -2.16. The van der Waals surface area contributed by atoms with Gasteiger partial charge in [0.15, 0.2) is 17.7 Å². The van der Waals surface area contributed by atoms with E-state index in [1.807, 2.05) is 0 Å². The number of aliphatic hydroxyl groups excluding tert-OH is 3. The Morgan fingerprint density at radius 1 is 1.25 bits per heavy atom. The van der Waals surface area contributed by atoms with Gasteiger partial charge in [0.25, 0.3) is 0 Å². The number of nitrogen functional groups attached to an aromatic ring is 1. The first kappa shape index (κ1) is 13.2. The van der Waals surface area contributed by atoms with E-state index in [2.05, 4.69) is 15.0 Å². The molecule has 1 aliphatic heterocycles. The maximum absolute atomic E-state index is 10.1. The van der Waals surface area contributed by atoms with E-state index >= 15 is 0 Å². The molecule has 0 radical (unpaired) electrons. The van der Waals surface area contributed by atoms with E-state index in [9.17, 15) is 10.2 Å². The van der Waals surface area contributed by atoms with Gasteiger partial charge in [0.05, 0.1) is 12.4 Å². The smallest absolute Gasteiger partial charge is 0.167 e. The average Bonchev–Trinajstić information content (AvgIpc) is 2.97. The van der Waals surface area contributed by atoms with Crippen LogP contribution in [0.2, 0.25) is 0 Å². The fourth-order valence-electron chi connectivity index (χ4n) is 2.38. The van der Waals surface area contributed by atoms with Crippen LogP contribution in [-0.2, 0) is 4.74 Å². The molecule has 0 aliphatic carbocycles. The zero-order valence-electron chi connectivity index (χ0n) is 10.5. The Morgan fingerprint density at radius 2 is 2.05 bits per heavy atom. The van der Waals surface area contributed by atoms with Crippen molar-refractivity contribution >= 4 is 17.0 Å². The molecule has 0 saturated carbocycles. The van der Waals surface area contributed by atoms with Crippen molar-refractivity contribution in [3.05, 3.63) is 12.7 Å². The number of ether oxygens (including phenoxy) is 1. The van der Waals surface area contributed by atoms with Crippen LogP contribution in [0.1, 0.15) is 12.6 Å². The van der Waals surface area contributed by atoms with Crippen LogP contribution in [0.3, 0.4) is 0 Å². The van der Waals surface area contributed by atoms with Crippen molar-refractivity contribution in [2.45, 2.75) is 31.0 Å². The van der Waals surface area contributed by atoms with Gasteiger partial charge in [0, 0.05) is 6.61 Å². The van der Waals surface area contributed by atoms with Gasteiger partial charge in [-0.1, -0.05) is 0 Å². The molecule has 0 amide bonds. The summed E-state index contributed by atoms with van der Waals surface area (Å²) in [6, 6.07) is 0. The Morgan fingerprint density at radius 3 is 2.80 bits per heavy atom. The Kier molecular flexibility index (Phi) is 3.26. The number of rotatable bonds is 3. The van der Waals surface area contributed by atoms with Crippen molar-refractivity contribution in [3.8, 4) is 0 Å². The van der Waals surface area contributed by atoms with Gasteiger partial charge < -0.3 is 25.8 Å². The fourth-order valence-corrected chi connectivity index (χ4v) is 2.38. The van der Waals surface area contributed by atoms with Gasteiger partial charge in [-0.05, 0) is 6.42 Å². The molecule has 3 rings (SSSR count).